The fourth-order valence-electron chi connectivity index (χ4n) is 1.36. The van der Waals surface area contributed by atoms with Crippen LogP contribution < -0.4 is 10.6 Å². The molecule has 0 radical (unpaired) electrons. The number of nitrogens with one attached hydrogen (secondary N) is 2. The first-order valence-electron chi connectivity index (χ1n) is 5.69. The molecule has 0 saturated carbocycles. The van der Waals surface area contributed by atoms with Gasteiger partial charge in [-0.3, -0.25) is 10.1 Å². The molecule has 0 bridgehead atoms. The van der Waals surface area contributed by atoms with Gasteiger partial charge in [0.25, 0.3) is 5.69 Å². The number of anilines is 2. The summed E-state index contributed by atoms with van der Waals surface area (Å²) in [4.78, 5) is 14.5. The lowest BCUT2D eigenvalue weighted by Crippen LogP contribution is -2.26. The van der Waals surface area contributed by atoms with Crippen molar-refractivity contribution in [1.29, 1.82) is 0 Å². The average Bonchev–Trinajstić information content (AvgIpc) is 2.36. The van der Waals surface area contributed by atoms with Crippen LogP contribution in [0.4, 0.5) is 17.3 Å². The lowest BCUT2D eigenvalue weighted by Gasteiger charge is -2.20. The zero-order valence-corrected chi connectivity index (χ0v) is 10.7. The highest BCUT2D eigenvalue weighted by atomic mass is 16.6. The van der Waals surface area contributed by atoms with Gasteiger partial charge in [0, 0.05) is 19.7 Å². The summed E-state index contributed by atoms with van der Waals surface area (Å²) in [6.07, 6.45) is 0. The van der Waals surface area contributed by atoms with Gasteiger partial charge in [-0.2, -0.15) is 0 Å². The van der Waals surface area contributed by atoms with Gasteiger partial charge < -0.3 is 15.7 Å². The Morgan fingerprint density at radius 1 is 1.44 bits per heavy atom. The molecule has 18 heavy (non-hydrogen) atoms. The third kappa shape index (κ3) is 3.56. The van der Waals surface area contributed by atoms with Gasteiger partial charge >= 0.3 is 0 Å². The van der Waals surface area contributed by atoms with Gasteiger partial charge in [0.05, 0.1) is 17.1 Å². The summed E-state index contributed by atoms with van der Waals surface area (Å²) in [6, 6.07) is 2.71. The standard InChI is InChI=1S/C11H18N4O3/c1-7(6-16)8(2)13-11-5-9(15(17)18)4-10(12-3)14-11/h4-5,7-8,16H,6H2,1-3H3,(H2,12,13,14). The lowest BCUT2D eigenvalue weighted by atomic mass is 10.1. The first-order valence-corrected chi connectivity index (χ1v) is 5.69. The van der Waals surface area contributed by atoms with Crippen LogP contribution >= 0.6 is 0 Å². The fraction of sp³-hybridized carbons (Fsp3) is 0.545. The van der Waals surface area contributed by atoms with Crippen molar-refractivity contribution in [2.75, 3.05) is 24.3 Å². The third-order valence-electron chi connectivity index (χ3n) is 2.79. The molecule has 1 aromatic heterocycles. The van der Waals surface area contributed by atoms with Crippen molar-refractivity contribution in [3.8, 4) is 0 Å². The Morgan fingerprint density at radius 2 is 2.06 bits per heavy atom. The molecule has 2 atom stereocenters. The molecular formula is C11H18N4O3. The van der Waals surface area contributed by atoms with Crippen LogP contribution in [0.5, 0.6) is 0 Å². The van der Waals surface area contributed by atoms with E-state index in [1.807, 2.05) is 13.8 Å². The Bertz CT molecular complexity index is 425. The first-order chi connectivity index (χ1) is 8.47. The second-order valence-corrected chi connectivity index (χ2v) is 4.20. The minimum atomic E-state index is -0.464. The zero-order valence-electron chi connectivity index (χ0n) is 10.7. The van der Waals surface area contributed by atoms with Gasteiger partial charge in [0.15, 0.2) is 0 Å². The van der Waals surface area contributed by atoms with Crippen LogP contribution in [0.2, 0.25) is 0 Å². The lowest BCUT2D eigenvalue weighted by molar-refractivity contribution is -0.384. The monoisotopic (exact) mass is 254 g/mol. The van der Waals surface area contributed by atoms with Crippen molar-refractivity contribution in [3.63, 3.8) is 0 Å². The minimum Gasteiger partial charge on any atom is -0.396 e. The predicted molar refractivity (Wildman–Crippen MR) is 69.8 cm³/mol. The maximum atomic E-state index is 10.8. The van der Waals surface area contributed by atoms with Gasteiger partial charge in [0.2, 0.25) is 0 Å². The number of hydrogen-bond acceptors (Lipinski definition) is 6. The molecule has 1 heterocycles. The Morgan fingerprint density at radius 3 is 2.56 bits per heavy atom. The summed E-state index contributed by atoms with van der Waals surface area (Å²) in [5.74, 6) is 0.876. The van der Waals surface area contributed by atoms with E-state index in [-0.39, 0.29) is 24.3 Å². The molecule has 0 spiro atoms. The molecule has 7 nitrogen and oxygen atoms in total. The number of aliphatic hydroxyl groups excluding tert-OH is 1. The molecule has 0 saturated heterocycles. The highest BCUT2D eigenvalue weighted by molar-refractivity contribution is 5.54. The second-order valence-electron chi connectivity index (χ2n) is 4.20. The number of pyridine rings is 1. The van der Waals surface area contributed by atoms with Gasteiger partial charge in [-0.1, -0.05) is 6.92 Å². The van der Waals surface area contributed by atoms with E-state index in [2.05, 4.69) is 15.6 Å². The summed E-state index contributed by atoms with van der Waals surface area (Å²) >= 11 is 0. The smallest absolute Gasteiger partial charge is 0.276 e. The SMILES string of the molecule is CNc1cc([N+](=O)[O-])cc(NC(C)C(C)CO)n1. The Hall–Kier alpha value is -1.89. The van der Waals surface area contributed by atoms with E-state index in [1.54, 1.807) is 7.05 Å². The van der Waals surface area contributed by atoms with Crippen molar-refractivity contribution < 1.29 is 10.0 Å². The van der Waals surface area contributed by atoms with Crippen molar-refractivity contribution in [3.05, 3.63) is 22.2 Å². The molecule has 0 aliphatic heterocycles. The van der Waals surface area contributed by atoms with E-state index in [4.69, 9.17) is 5.11 Å². The molecule has 0 aromatic carbocycles. The van der Waals surface area contributed by atoms with Crippen LogP contribution in [0.15, 0.2) is 12.1 Å². The molecule has 0 aliphatic carbocycles. The van der Waals surface area contributed by atoms with E-state index < -0.39 is 4.92 Å². The maximum absolute atomic E-state index is 10.8. The van der Waals surface area contributed by atoms with E-state index in [9.17, 15) is 10.1 Å². The molecule has 1 rings (SSSR count). The molecule has 0 amide bonds. The highest BCUT2D eigenvalue weighted by Gasteiger charge is 2.15. The van der Waals surface area contributed by atoms with Gasteiger partial charge in [0.1, 0.15) is 11.6 Å². The van der Waals surface area contributed by atoms with Crippen molar-refractivity contribution in [1.82, 2.24) is 4.98 Å². The molecule has 3 N–H and O–H groups in total. The summed E-state index contributed by atoms with van der Waals surface area (Å²) < 4.78 is 0. The summed E-state index contributed by atoms with van der Waals surface area (Å²) in [7, 11) is 1.65. The van der Waals surface area contributed by atoms with Gasteiger partial charge in [-0.05, 0) is 12.8 Å². The number of aromatic nitrogens is 1. The topological polar surface area (TPSA) is 100 Å². The van der Waals surface area contributed by atoms with Gasteiger partial charge in [-0.25, -0.2) is 4.98 Å². The quantitative estimate of drug-likeness (QED) is 0.525. The van der Waals surface area contributed by atoms with Crippen molar-refractivity contribution in [2.24, 2.45) is 5.92 Å². The van der Waals surface area contributed by atoms with Crippen LogP contribution in [0.1, 0.15) is 13.8 Å². The molecule has 100 valence electrons. The fourth-order valence-corrected chi connectivity index (χ4v) is 1.36. The van der Waals surface area contributed by atoms with Crippen LogP contribution in [0.25, 0.3) is 0 Å². The Labute approximate surface area is 105 Å². The van der Waals surface area contributed by atoms with E-state index in [0.717, 1.165) is 0 Å². The van der Waals surface area contributed by atoms with Crippen LogP contribution in [0, 0.1) is 16.0 Å². The first kappa shape index (κ1) is 14.2. The second kappa shape index (κ2) is 6.15. The molecule has 2 unspecified atom stereocenters. The average molecular weight is 254 g/mol. The zero-order chi connectivity index (χ0) is 13.7. The highest BCUT2D eigenvalue weighted by Crippen LogP contribution is 2.21. The molecule has 0 fully saturated rings. The van der Waals surface area contributed by atoms with E-state index in [1.165, 1.54) is 12.1 Å². The summed E-state index contributed by atoms with van der Waals surface area (Å²) in [5.41, 5.74) is -0.0271. The molecular weight excluding hydrogens is 236 g/mol. The van der Waals surface area contributed by atoms with Crippen molar-refractivity contribution >= 4 is 17.3 Å². The largest absolute Gasteiger partial charge is 0.396 e. The maximum Gasteiger partial charge on any atom is 0.276 e. The molecule has 1 aromatic rings. The van der Waals surface area contributed by atoms with E-state index in [0.29, 0.717) is 11.6 Å². The number of aliphatic hydroxyl groups is 1. The number of nitro groups is 1. The van der Waals surface area contributed by atoms with Crippen LogP contribution in [-0.2, 0) is 0 Å². The van der Waals surface area contributed by atoms with Gasteiger partial charge in [-0.15, -0.1) is 0 Å². The summed E-state index contributed by atoms with van der Waals surface area (Å²) in [5, 5.41) is 25.6. The predicted octanol–water partition coefficient (Wildman–Crippen LogP) is 1.46. The summed E-state index contributed by atoms with van der Waals surface area (Å²) in [6.45, 7) is 3.82. The number of hydrogen-bond donors (Lipinski definition) is 3. The Balaban J connectivity index is 2.94. The number of nitrogens with zero attached hydrogens (tertiary/aromatic N) is 2. The Kier molecular flexibility index (Phi) is 4.85. The van der Waals surface area contributed by atoms with Crippen LogP contribution in [-0.4, -0.2) is 34.7 Å². The molecule has 0 aliphatic rings. The van der Waals surface area contributed by atoms with Crippen molar-refractivity contribution in [2.45, 2.75) is 19.9 Å². The normalized spacial score (nSPS) is 13.8. The number of rotatable bonds is 6. The minimum absolute atomic E-state index is 0.0271. The third-order valence-corrected chi connectivity index (χ3v) is 2.79. The van der Waals surface area contributed by atoms with Crippen LogP contribution in [0.3, 0.4) is 0 Å². The molecule has 7 heteroatoms. The van der Waals surface area contributed by atoms with E-state index >= 15 is 0 Å².